The fraction of sp³-hybridized carbons (Fsp3) is 0.556. The molecule has 4 heteroatoms. The molecule has 0 radical (unpaired) electrons. The Bertz CT molecular complexity index is 322. The van der Waals surface area contributed by atoms with Gasteiger partial charge in [0.15, 0.2) is 0 Å². The van der Waals surface area contributed by atoms with Gasteiger partial charge in [-0.3, -0.25) is 0 Å². The summed E-state index contributed by atoms with van der Waals surface area (Å²) in [4.78, 5) is 4.38. The molecule has 0 aliphatic heterocycles. The molecule has 1 aromatic heterocycles. The number of thiazole rings is 1. The highest BCUT2D eigenvalue weighted by molar-refractivity contribution is 7.09. The van der Waals surface area contributed by atoms with Crippen LogP contribution in [0.5, 0.6) is 0 Å². The van der Waals surface area contributed by atoms with Crippen LogP contribution in [0.4, 0.5) is 0 Å². The lowest BCUT2D eigenvalue weighted by molar-refractivity contribution is 0.671. The molecule has 0 atom stereocenters. The van der Waals surface area contributed by atoms with Gasteiger partial charge < -0.3 is 5.32 Å². The molecular weight excluding hydrogens is 182 g/mol. The molecule has 70 valence electrons. The molecular formula is C9H13N3S. The summed E-state index contributed by atoms with van der Waals surface area (Å²) in [6, 6.07) is 2.24. The van der Waals surface area contributed by atoms with E-state index in [1.54, 1.807) is 11.3 Å². The maximum Gasteiger partial charge on any atom is 0.113 e. The second-order valence-corrected chi connectivity index (χ2v) is 4.27. The van der Waals surface area contributed by atoms with Crippen molar-refractivity contribution in [3.63, 3.8) is 0 Å². The Morgan fingerprint density at radius 2 is 2.38 bits per heavy atom. The Morgan fingerprint density at radius 1 is 1.69 bits per heavy atom. The van der Waals surface area contributed by atoms with Gasteiger partial charge in [-0.25, -0.2) is 4.98 Å². The van der Waals surface area contributed by atoms with Crippen molar-refractivity contribution < 1.29 is 0 Å². The molecule has 1 N–H and O–H groups in total. The predicted octanol–water partition coefficient (Wildman–Crippen LogP) is 1.66. The monoisotopic (exact) mass is 195 g/mol. The van der Waals surface area contributed by atoms with E-state index < -0.39 is 5.41 Å². The fourth-order valence-corrected chi connectivity index (χ4v) is 1.80. The van der Waals surface area contributed by atoms with Crippen LogP contribution in [-0.4, -0.2) is 12.0 Å². The summed E-state index contributed by atoms with van der Waals surface area (Å²) in [7, 11) is 1.88. The molecule has 0 aromatic carbocycles. The van der Waals surface area contributed by atoms with E-state index in [1.165, 1.54) is 0 Å². The van der Waals surface area contributed by atoms with Crippen LogP contribution in [0.3, 0.4) is 0 Å². The molecule has 3 nitrogen and oxygen atoms in total. The summed E-state index contributed by atoms with van der Waals surface area (Å²) < 4.78 is 0. The Labute approximate surface area is 82.4 Å². The van der Waals surface area contributed by atoms with Gasteiger partial charge >= 0.3 is 0 Å². The summed E-state index contributed by atoms with van der Waals surface area (Å²) in [5.41, 5.74) is 0.544. The summed E-state index contributed by atoms with van der Waals surface area (Å²) >= 11 is 1.55. The van der Waals surface area contributed by atoms with Gasteiger partial charge in [-0.2, -0.15) is 5.26 Å². The van der Waals surface area contributed by atoms with E-state index in [-0.39, 0.29) is 0 Å². The van der Waals surface area contributed by atoms with Crippen LogP contribution in [0.1, 0.15) is 24.5 Å². The molecule has 0 fully saturated rings. The van der Waals surface area contributed by atoms with Crippen molar-refractivity contribution in [3.05, 3.63) is 16.1 Å². The number of hydrogen-bond acceptors (Lipinski definition) is 4. The minimum absolute atomic E-state index is 0.462. The average Bonchev–Trinajstić information content (AvgIpc) is 2.54. The van der Waals surface area contributed by atoms with Crippen molar-refractivity contribution >= 4 is 11.3 Å². The van der Waals surface area contributed by atoms with Crippen LogP contribution in [0.2, 0.25) is 0 Å². The number of aromatic nitrogens is 1. The maximum atomic E-state index is 8.89. The van der Waals surface area contributed by atoms with E-state index in [1.807, 2.05) is 26.3 Å². The normalized spacial score (nSPS) is 11.2. The maximum absolute atomic E-state index is 8.89. The van der Waals surface area contributed by atoms with E-state index in [2.05, 4.69) is 16.4 Å². The van der Waals surface area contributed by atoms with Crippen LogP contribution >= 0.6 is 11.3 Å². The second-order valence-electron chi connectivity index (χ2n) is 3.41. The average molecular weight is 195 g/mol. The third-order valence-corrected chi connectivity index (χ3v) is 2.94. The van der Waals surface area contributed by atoms with Crippen molar-refractivity contribution in [2.45, 2.75) is 25.8 Å². The van der Waals surface area contributed by atoms with Crippen LogP contribution in [0.25, 0.3) is 0 Å². The molecule has 0 aliphatic rings. The molecule has 0 saturated heterocycles. The van der Waals surface area contributed by atoms with Crippen molar-refractivity contribution in [2.24, 2.45) is 0 Å². The van der Waals surface area contributed by atoms with Gasteiger partial charge in [-0.1, -0.05) is 0 Å². The van der Waals surface area contributed by atoms with Crippen molar-refractivity contribution in [3.8, 4) is 6.07 Å². The van der Waals surface area contributed by atoms with Gasteiger partial charge in [0.25, 0.3) is 0 Å². The Balaban J connectivity index is 2.87. The minimum Gasteiger partial charge on any atom is -0.314 e. The Morgan fingerprint density at radius 3 is 2.92 bits per heavy atom. The molecule has 0 aliphatic carbocycles. The summed E-state index contributed by atoms with van der Waals surface area (Å²) in [6.45, 7) is 4.53. The van der Waals surface area contributed by atoms with Gasteiger partial charge in [0.2, 0.25) is 0 Å². The van der Waals surface area contributed by atoms with Crippen molar-refractivity contribution in [2.75, 3.05) is 7.05 Å². The predicted molar refractivity (Wildman–Crippen MR) is 53.5 cm³/mol. The second kappa shape index (κ2) is 3.86. The Hall–Kier alpha value is -0.920. The van der Waals surface area contributed by atoms with Crippen LogP contribution in [-0.2, 0) is 12.0 Å². The van der Waals surface area contributed by atoms with Crippen LogP contribution in [0.15, 0.2) is 5.38 Å². The molecule has 0 bridgehead atoms. The van der Waals surface area contributed by atoms with E-state index >= 15 is 0 Å². The minimum atomic E-state index is -0.462. The fourth-order valence-electron chi connectivity index (χ4n) is 0.904. The molecule has 0 unspecified atom stereocenters. The third-order valence-electron chi connectivity index (χ3n) is 1.72. The lowest BCUT2D eigenvalue weighted by Gasteiger charge is -2.09. The quantitative estimate of drug-likeness (QED) is 0.798. The van der Waals surface area contributed by atoms with Crippen molar-refractivity contribution in [1.82, 2.24) is 10.3 Å². The van der Waals surface area contributed by atoms with Gasteiger partial charge in [-0.05, 0) is 20.9 Å². The smallest absolute Gasteiger partial charge is 0.113 e. The first-order valence-corrected chi connectivity index (χ1v) is 4.99. The first-order chi connectivity index (χ1) is 6.10. The zero-order valence-electron chi connectivity index (χ0n) is 8.09. The molecule has 0 spiro atoms. The first-order valence-electron chi connectivity index (χ1n) is 4.11. The standard InChI is InChI=1S/C9H13N3S/c1-9(2,6-10)8-12-7(4-11-3)5-13-8/h5,11H,4H2,1-3H3. The molecule has 0 amide bonds. The Kier molecular flexibility index (Phi) is 3.02. The molecule has 1 heterocycles. The number of nitrogens with zero attached hydrogens (tertiary/aromatic N) is 2. The number of hydrogen-bond donors (Lipinski definition) is 1. The van der Waals surface area contributed by atoms with Gasteiger partial charge in [0, 0.05) is 11.9 Å². The zero-order chi connectivity index (χ0) is 9.90. The highest BCUT2D eigenvalue weighted by atomic mass is 32.1. The lowest BCUT2D eigenvalue weighted by Crippen LogP contribution is -2.14. The highest BCUT2D eigenvalue weighted by Gasteiger charge is 2.23. The van der Waals surface area contributed by atoms with E-state index in [4.69, 9.17) is 5.26 Å². The zero-order valence-corrected chi connectivity index (χ0v) is 8.90. The molecule has 13 heavy (non-hydrogen) atoms. The van der Waals surface area contributed by atoms with Gasteiger partial charge in [0.1, 0.15) is 10.4 Å². The van der Waals surface area contributed by atoms with E-state index in [9.17, 15) is 0 Å². The van der Waals surface area contributed by atoms with Crippen LogP contribution < -0.4 is 5.32 Å². The van der Waals surface area contributed by atoms with E-state index in [0.29, 0.717) is 0 Å². The van der Waals surface area contributed by atoms with Crippen LogP contribution in [0, 0.1) is 11.3 Å². The van der Waals surface area contributed by atoms with Gasteiger partial charge in [-0.15, -0.1) is 11.3 Å². The summed E-state index contributed by atoms with van der Waals surface area (Å²) in [6.07, 6.45) is 0. The van der Waals surface area contributed by atoms with E-state index in [0.717, 1.165) is 17.2 Å². The summed E-state index contributed by atoms with van der Waals surface area (Å²) in [5, 5.41) is 14.8. The first kappa shape index (κ1) is 10.2. The molecule has 1 aromatic rings. The topological polar surface area (TPSA) is 48.7 Å². The lowest BCUT2D eigenvalue weighted by atomic mass is 9.97. The number of nitrogens with one attached hydrogen (secondary N) is 1. The number of rotatable bonds is 3. The molecule has 1 rings (SSSR count). The SMILES string of the molecule is CNCc1csc(C(C)(C)C#N)n1. The third kappa shape index (κ3) is 2.27. The highest BCUT2D eigenvalue weighted by Crippen LogP contribution is 2.25. The van der Waals surface area contributed by atoms with Crippen molar-refractivity contribution in [1.29, 1.82) is 5.26 Å². The van der Waals surface area contributed by atoms with Gasteiger partial charge in [0.05, 0.1) is 11.8 Å². The number of nitriles is 1. The molecule has 0 saturated carbocycles. The summed E-state index contributed by atoms with van der Waals surface area (Å²) in [5.74, 6) is 0. The largest absolute Gasteiger partial charge is 0.314 e.